The van der Waals surface area contributed by atoms with E-state index in [-0.39, 0.29) is 5.91 Å². The van der Waals surface area contributed by atoms with Crippen molar-refractivity contribution in [3.05, 3.63) is 70.6 Å². The highest BCUT2D eigenvalue weighted by Crippen LogP contribution is 2.36. The van der Waals surface area contributed by atoms with E-state index in [0.717, 1.165) is 17.5 Å². The Labute approximate surface area is 174 Å². The number of rotatable bonds is 7. The molecule has 0 atom stereocenters. The van der Waals surface area contributed by atoms with Crippen LogP contribution in [0.5, 0.6) is 5.75 Å². The number of hydrogen-bond acceptors (Lipinski definition) is 4. The second kappa shape index (κ2) is 8.92. The first-order valence-corrected chi connectivity index (χ1v) is 10.2. The summed E-state index contributed by atoms with van der Waals surface area (Å²) in [5, 5.41) is 5.10. The van der Waals surface area contributed by atoms with Crippen molar-refractivity contribution >= 4 is 28.2 Å². The molecular formula is C23H24N2O3S. The van der Waals surface area contributed by atoms with Gasteiger partial charge in [0.05, 0.1) is 12.7 Å². The van der Waals surface area contributed by atoms with E-state index in [1.54, 1.807) is 31.4 Å². The molecule has 0 bridgehead atoms. The van der Waals surface area contributed by atoms with Crippen LogP contribution < -0.4 is 15.8 Å². The van der Waals surface area contributed by atoms with Crippen LogP contribution in [-0.2, 0) is 6.42 Å². The van der Waals surface area contributed by atoms with Gasteiger partial charge in [0.25, 0.3) is 11.8 Å². The highest BCUT2D eigenvalue weighted by atomic mass is 32.1. The molecule has 0 spiro atoms. The minimum absolute atomic E-state index is 0.309. The molecule has 0 aliphatic carbocycles. The number of primary amides is 1. The SMILES string of the molecule is COc1ccc(C(=O)Nc2scc(-c3ccc(CC(C)C)cc3)c2C(N)=O)cc1. The number of amides is 2. The molecule has 0 fully saturated rings. The number of carbonyl (C=O) groups excluding carboxylic acids is 2. The normalized spacial score (nSPS) is 10.8. The quantitative estimate of drug-likeness (QED) is 0.579. The van der Waals surface area contributed by atoms with E-state index in [1.165, 1.54) is 16.9 Å². The van der Waals surface area contributed by atoms with Crippen molar-refractivity contribution in [2.45, 2.75) is 20.3 Å². The summed E-state index contributed by atoms with van der Waals surface area (Å²) in [6.45, 7) is 4.35. The van der Waals surface area contributed by atoms with Crippen LogP contribution in [0.3, 0.4) is 0 Å². The third-order valence-corrected chi connectivity index (χ3v) is 5.42. The van der Waals surface area contributed by atoms with Gasteiger partial charge in [-0.15, -0.1) is 11.3 Å². The lowest BCUT2D eigenvalue weighted by molar-refractivity contribution is 0.100. The van der Waals surface area contributed by atoms with Gasteiger partial charge < -0.3 is 15.8 Å². The van der Waals surface area contributed by atoms with Gasteiger partial charge in [-0.1, -0.05) is 38.1 Å². The van der Waals surface area contributed by atoms with E-state index in [2.05, 4.69) is 31.3 Å². The smallest absolute Gasteiger partial charge is 0.256 e. The molecule has 3 N–H and O–H groups in total. The van der Waals surface area contributed by atoms with Crippen molar-refractivity contribution in [1.82, 2.24) is 0 Å². The van der Waals surface area contributed by atoms with Crippen molar-refractivity contribution in [3.63, 3.8) is 0 Å². The van der Waals surface area contributed by atoms with E-state index >= 15 is 0 Å². The molecule has 1 heterocycles. The number of hydrogen-bond donors (Lipinski definition) is 2. The lowest BCUT2D eigenvalue weighted by Gasteiger charge is -2.09. The molecule has 6 heteroatoms. The monoisotopic (exact) mass is 408 g/mol. The van der Waals surface area contributed by atoms with E-state index in [1.807, 2.05) is 17.5 Å². The largest absolute Gasteiger partial charge is 0.497 e. The Morgan fingerprint density at radius 1 is 1.07 bits per heavy atom. The second-order valence-corrected chi connectivity index (χ2v) is 8.07. The third kappa shape index (κ3) is 4.84. The molecule has 3 rings (SSSR count). The highest BCUT2D eigenvalue weighted by molar-refractivity contribution is 7.15. The minimum Gasteiger partial charge on any atom is -0.497 e. The molecule has 1 aromatic heterocycles. The first-order valence-electron chi connectivity index (χ1n) is 9.35. The molecular weight excluding hydrogens is 384 g/mol. The van der Waals surface area contributed by atoms with Crippen molar-refractivity contribution in [3.8, 4) is 16.9 Å². The Morgan fingerprint density at radius 2 is 1.72 bits per heavy atom. The molecule has 2 amide bonds. The molecule has 0 saturated carbocycles. The number of benzene rings is 2. The number of thiophene rings is 1. The molecule has 0 radical (unpaired) electrons. The second-order valence-electron chi connectivity index (χ2n) is 7.20. The fourth-order valence-electron chi connectivity index (χ4n) is 3.12. The topological polar surface area (TPSA) is 81.4 Å². The van der Waals surface area contributed by atoms with E-state index in [9.17, 15) is 9.59 Å². The third-order valence-electron chi connectivity index (χ3n) is 4.53. The minimum atomic E-state index is -0.572. The summed E-state index contributed by atoms with van der Waals surface area (Å²) in [6, 6.07) is 14.9. The summed E-state index contributed by atoms with van der Waals surface area (Å²) >= 11 is 1.29. The maximum atomic E-state index is 12.6. The Hall–Kier alpha value is -3.12. The number of ether oxygens (including phenoxy) is 1. The molecule has 150 valence electrons. The van der Waals surface area contributed by atoms with Crippen LogP contribution in [0.25, 0.3) is 11.1 Å². The average Bonchev–Trinajstić information content (AvgIpc) is 3.12. The lowest BCUT2D eigenvalue weighted by Crippen LogP contribution is -2.17. The van der Waals surface area contributed by atoms with Crippen LogP contribution >= 0.6 is 11.3 Å². The van der Waals surface area contributed by atoms with Crippen LogP contribution in [0, 0.1) is 5.92 Å². The standard InChI is InChI=1S/C23H24N2O3S/c1-14(2)12-15-4-6-16(7-5-15)19-13-29-23(20(19)21(24)26)25-22(27)17-8-10-18(28-3)11-9-17/h4-11,13-14H,12H2,1-3H3,(H2,24,26)(H,25,27). The van der Waals surface area contributed by atoms with Gasteiger partial charge in [0.1, 0.15) is 10.8 Å². The predicted octanol–water partition coefficient (Wildman–Crippen LogP) is 4.97. The molecule has 0 aliphatic heterocycles. The van der Waals surface area contributed by atoms with Crippen molar-refractivity contribution in [1.29, 1.82) is 0 Å². The number of nitrogens with two attached hydrogens (primary N) is 1. The summed E-state index contributed by atoms with van der Waals surface area (Å²) in [5.41, 5.74) is 9.30. The maximum Gasteiger partial charge on any atom is 0.256 e. The molecule has 3 aromatic rings. The van der Waals surface area contributed by atoms with E-state index in [0.29, 0.717) is 27.8 Å². The van der Waals surface area contributed by atoms with Crippen molar-refractivity contribution in [2.24, 2.45) is 11.7 Å². The van der Waals surface area contributed by atoms with Crippen LogP contribution in [-0.4, -0.2) is 18.9 Å². The van der Waals surface area contributed by atoms with Crippen molar-refractivity contribution in [2.75, 3.05) is 12.4 Å². The van der Waals surface area contributed by atoms with Crippen LogP contribution in [0.1, 0.15) is 40.1 Å². The Bertz CT molecular complexity index is 1010. The number of anilines is 1. The zero-order valence-corrected chi connectivity index (χ0v) is 17.5. The number of nitrogens with one attached hydrogen (secondary N) is 1. The van der Waals surface area contributed by atoms with E-state index < -0.39 is 5.91 Å². The van der Waals surface area contributed by atoms with Gasteiger partial charge >= 0.3 is 0 Å². The molecule has 5 nitrogen and oxygen atoms in total. The molecule has 0 unspecified atom stereocenters. The van der Waals surface area contributed by atoms with Gasteiger partial charge in [-0.05, 0) is 47.7 Å². The summed E-state index contributed by atoms with van der Waals surface area (Å²) in [6.07, 6.45) is 0.996. The van der Waals surface area contributed by atoms with Gasteiger partial charge in [0, 0.05) is 16.5 Å². The fourth-order valence-corrected chi connectivity index (χ4v) is 4.09. The molecule has 0 aliphatic rings. The van der Waals surface area contributed by atoms with Gasteiger partial charge in [-0.2, -0.15) is 0 Å². The first kappa shape index (κ1) is 20.6. The molecule has 2 aromatic carbocycles. The average molecular weight is 409 g/mol. The zero-order chi connectivity index (χ0) is 21.0. The summed E-state index contributed by atoms with van der Waals surface area (Å²) in [4.78, 5) is 24.7. The first-order chi connectivity index (χ1) is 13.9. The Kier molecular flexibility index (Phi) is 6.34. The molecule has 29 heavy (non-hydrogen) atoms. The van der Waals surface area contributed by atoms with E-state index in [4.69, 9.17) is 10.5 Å². The van der Waals surface area contributed by atoms with Crippen LogP contribution in [0.2, 0.25) is 0 Å². The Balaban J connectivity index is 1.86. The van der Waals surface area contributed by atoms with Gasteiger partial charge in [0.15, 0.2) is 0 Å². The number of methoxy groups -OCH3 is 1. The predicted molar refractivity (Wildman–Crippen MR) is 118 cm³/mol. The van der Waals surface area contributed by atoms with Crippen LogP contribution in [0.15, 0.2) is 53.9 Å². The zero-order valence-electron chi connectivity index (χ0n) is 16.7. The van der Waals surface area contributed by atoms with Gasteiger partial charge in [-0.3, -0.25) is 9.59 Å². The summed E-state index contributed by atoms with van der Waals surface area (Å²) < 4.78 is 5.11. The van der Waals surface area contributed by atoms with Gasteiger partial charge in [0.2, 0.25) is 0 Å². The van der Waals surface area contributed by atoms with Gasteiger partial charge in [-0.25, -0.2) is 0 Å². The fraction of sp³-hybridized carbons (Fsp3) is 0.217. The Morgan fingerprint density at radius 3 is 2.28 bits per heavy atom. The van der Waals surface area contributed by atoms with Crippen LogP contribution in [0.4, 0.5) is 5.00 Å². The molecule has 0 saturated heterocycles. The lowest BCUT2D eigenvalue weighted by atomic mass is 9.98. The maximum absolute atomic E-state index is 12.6. The number of carbonyl (C=O) groups is 2. The summed E-state index contributed by atoms with van der Waals surface area (Å²) in [7, 11) is 1.57. The highest BCUT2D eigenvalue weighted by Gasteiger charge is 2.20. The summed E-state index contributed by atoms with van der Waals surface area (Å²) in [5.74, 6) is 0.356. The van der Waals surface area contributed by atoms with Crippen molar-refractivity contribution < 1.29 is 14.3 Å².